The van der Waals surface area contributed by atoms with Gasteiger partial charge in [-0.05, 0) is 54.1 Å². The number of hydrogen-bond donors (Lipinski definition) is 0. The Bertz CT molecular complexity index is 3080. The molecule has 4 nitrogen and oxygen atoms in total. The Morgan fingerprint density at radius 2 is 0.962 bits per heavy atom. The molecule has 7 aromatic carbocycles. The van der Waals surface area contributed by atoms with E-state index in [0.29, 0.717) is 0 Å². The van der Waals surface area contributed by atoms with E-state index in [-0.39, 0.29) is 5.41 Å². The normalized spacial score (nSPS) is 13.2. The summed E-state index contributed by atoms with van der Waals surface area (Å²) in [5.41, 5.74) is 14.5. The summed E-state index contributed by atoms with van der Waals surface area (Å²) in [6, 6.07) is 60.9. The van der Waals surface area contributed by atoms with Crippen molar-refractivity contribution in [1.29, 1.82) is 0 Å². The Morgan fingerprint density at radius 3 is 1.66 bits per heavy atom. The van der Waals surface area contributed by atoms with Crippen molar-refractivity contribution in [2.24, 2.45) is 0 Å². The van der Waals surface area contributed by atoms with Crippen molar-refractivity contribution in [3.05, 3.63) is 181 Å². The molecule has 11 rings (SSSR count). The Labute approximate surface area is 307 Å². The highest BCUT2D eigenvalue weighted by Gasteiger charge is 2.40. The van der Waals surface area contributed by atoms with Gasteiger partial charge in [0.25, 0.3) is 0 Å². The van der Waals surface area contributed by atoms with Gasteiger partial charge in [-0.3, -0.25) is 0 Å². The van der Waals surface area contributed by atoms with E-state index in [2.05, 4.69) is 193 Å². The fourth-order valence-corrected chi connectivity index (χ4v) is 8.99. The first kappa shape index (κ1) is 29.9. The summed E-state index contributed by atoms with van der Waals surface area (Å²) in [5.74, 6) is 0.728. The van der Waals surface area contributed by atoms with Crippen LogP contribution in [0.15, 0.2) is 170 Å². The molecule has 1 aliphatic carbocycles. The van der Waals surface area contributed by atoms with Gasteiger partial charge in [0.15, 0.2) is 5.82 Å². The number of nitrogens with zero attached hydrogens (tertiary/aromatic N) is 4. The Hall–Kier alpha value is -6.78. The summed E-state index contributed by atoms with van der Waals surface area (Å²) in [6.45, 7) is 4.59. The predicted octanol–water partition coefficient (Wildman–Crippen LogP) is 12.3. The van der Waals surface area contributed by atoms with Crippen molar-refractivity contribution in [2.75, 3.05) is 0 Å². The molecule has 0 aliphatic heterocycles. The fraction of sp³-hybridized carbons (Fsp3) is 0.0612. The third-order valence-electron chi connectivity index (χ3n) is 11.3. The fourth-order valence-electron chi connectivity index (χ4n) is 8.99. The third kappa shape index (κ3) is 4.24. The second-order valence-electron chi connectivity index (χ2n) is 14.6. The lowest BCUT2D eigenvalue weighted by Gasteiger charge is -2.23. The molecule has 250 valence electrons. The highest BCUT2D eigenvalue weighted by atomic mass is 15.0. The van der Waals surface area contributed by atoms with E-state index in [9.17, 15) is 0 Å². The molecule has 0 bridgehead atoms. The Balaban J connectivity index is 1.17. The van der Waals surface area contributed by atoms with Crippen molar-refractivity contribution in [1.82, 2.24) is 19.1 Å². The predicted molar refractivity (Wildman–Crippen MR) is 219 cm³/mol. The molecule has 0 atom stereocenters. The molecule has 3 heterocycles. The van der Waals surface area contributed by atoms with Gasteiger partial charge in [-0.1, -0.05) is 135 Å². The molecule has 0 saturated carbocycles. The molecule has 4 heteroatoms. The molecule has 53 heavy (non-hydrogen) atoms. The van der Waals surface area contributed by atoms with Gasteiger partial charge in [-0.2, -0.15) is 0 Å². The molecule has 0 unspecified atom stereocenters. The smallest absolute Gasteiger partial charge is 0.160 e. The Morgan fingerprint density at radius 1 is 0.434 bits per heavy atom. The molecule has 0 fully saturated rings. The topological polar surface area (TPSA) is 35.6 Å². The molecule has 0 saturated heterocycles. The van der Waals surface area contributed by atoms with Gasteiger partial charge in [0.05, 0.1) is 33.5 Å². The first-order valence-corrected chi connectivity index (χ1v) is 18.3. The lowest BCUT2D eigenvalue weighted by atomic mass is 9.81. The molecule has 3 aromatic heterocycles. The van der Waals surface area contributed by atoms with E-state index in [4.69, 9.17) is 9.97 Å². The van der Waals surface area contributed by atoms with Crippen LogP contribution in [0.25, 0.3) is 88.9 Å². The molecular formula is C49H34N4. The van der Waals surface area contributed by atoms with Crippen molar-refractivity contribution < 1.29 is 0 Å². The van der Waals surface area contributed by atoms with Crippen LogP contribution >= 0.6 is 0 Å². The van der Waals surface area contributed by atoms with Crippen LogP contribution in [0.4, 0.5) is 0 Å². The van der Waals surface area contributed by atoms with Gasteiger partial charge >= 0.3 is 0 Å². The SMILES string of the molecule is CC1(C)c2ccccc2-c2nc(-c3cccc(-n4c5ccccc5c5c6c7ccccc7n(-c7ccccc7)c6ccc54)c3)nc(-c3ccccc3)c21. The summed E-state index contributed by atoms with van der Waals surface area (Å²) in [6.07, 6.45) is 0. The molecule has 0 radical (unpaired) electrons. The highest BCUT2D eigenvalue weighted by molar-refractivity contribution is 6.28. The Kier molecular flexibility index (Phi) is 6.27. The minimum atomic E-state index is -0.227. The summed E-state index contributed by atoms with van der Waals surface area (Å²) < 4.78 is 4.80. The average molecular weight is 679 g/mol. The van der Waals surface area contributed by atoms with E-state index in [1.54, 1.807) is 0 Å². The molecule has 1 aliphatic rings. The largest absolute Gasteiger partial charge is 0.309 e. The first-order valence-electron chi connectivity index (χ1n) is 18.3. The standard InChI is InChI=1S/C49H34N4/c1-49(2)38-25-12-9-22-35(38)47-45(49)46(31-16-5-3-6-17-31)50-48(51-47)32-18-15-21-34(30-32)53-40-27-14-11-24-37(40)44-42(53)29-28-41-43(44)36-23-10-13-26-39(36)52(41)33-19-7-4-8-20-33/h3-30H,1-2H3. The van der Waals surface area contributed by atoms with Gasteiger partial charge in [0, 0.05) is 60.6 Å². The van der Waals surface area contributed by atoms with E-state index < -0.39 is 0 Å². The number of para-hydroxylation sites is 3. The summed E-state index contributed by atoms with van der Waals surface area (Å²) in [5, 5.41) is 5.00. The van der Waals surface area contributed by atoms with Crippen molar-refractivity contribution in [3.8, 4) is 45.3 Å². The maximum absolute atomic E-state index is 5.39. The molecule has 0 amide bonds. The summed E-state index contributed by atoms with van der Waals surface area (Å²) in [7, 11) is 0. The lowest BCUT2D eigenvalue weighted by molar-refractivity contribution is 0.658. The highest BCUT2D eigenvalue weighted by Crippen LogP contribution is 2.51. The number of hydrogen-bond acceptors (Lipinski definition) is 2. The lowest BCUT2D eigenvalue weighted by Crippen LogP contribution is -2.17. The van der Waals surface area contributed by atoms with Crippen molar-refractivity contribution >= 4 is 43.6 Å². The zero-order valence-corrected chi connectivity index (χ0v) is 29.5. The molecular weight excluding hydrogens is 645 g/mol. The molecule has 0 N–H and O–H groups in total. The van der Waals surface area contributed by atoms with Crippen molar-refractivity contribution in [2.45, 2.75) is 19.3 Å². The van der Waals surface area contributed by atoms with E-state index in [1.165, 1.54) is 60.3 Å². The number of rotatable bonds is 4. The van der Waals surface area contributed by atoms with Gasteiger partial charge in [-0.15, -0.1) is 0 Å². The maximum Gasteiger partial charge on any atom is 0.160 e. The minimum Gasteiger partial charge on any atom is -0.309 e. The van der Waals surface area contributed by atoms with Crippen LogP contribution in [-0.2, 0) is 5.41 Å². The summed E-state index contributed by atoms with van der Waals surface area (Å²) >= 11 is 0. The monoisotopic (exact) mass is 678 g/mol. The van der Waals surface area contributed by atoms with Crippen LogP contribution in [0.3, 0.4) is 0 Å². The van der Waals surface area contributed by atoms with Crippen LogP contribution in [0.2, 0.25) is 0 Å². The zero-order valence-electron chi connectivity index (χ0n) is 29.5. The number of benzene rings is 7. The van der Waals surface area contributed by atoms with E-state index >= 15 is 0 Å². The van der Waals surface area contributed by atoms with E-state index in [0.717, 1.165) is 39.7 Å². The second-order valence-corrected chi connectivity index (χ2v) is 14.6. The first-order chi connectivity index (χ1) is 26.1. The number of fused-ring (bicyclic) bond motifs is 10. The van der Waals surface area contributed by atoms with Gasteiger partial charge < -0.3 is 9.13 Å². The molecule has 10 aromatic rings. The van der Waals surface area contributed by atoms with Crippen LogP contribution in [0, 0.1) is 0 Å². The van der Waals surface area contributed by atoms with Gasteiger partial charge in [0.1, 0.15) is 0 Å². The zero-order chi connectivity index (χ0) is 35.3. The van der Waals surface area contributed by atoms with Crippen LogP contribution in [0.5, 0.6) is 0 Å². The molecule has 0 spiro atoms. The third-order valence-corrected chi connectivity index (χ3v) is 11.3. The van der Waals surface area contributed by atoms with Crippen LogP contribution in [-0.4, -0.2) is 19.1 Å². The maximum atomic E-state index is 5.39. The quantitative estimate of drug-likeness (QED) is 0.186. The number of aromatic nitrogens is 4. The van der Waals surface area contributed by atoms with Crippen LogP contribution in [0.1, 0.15) is 25.0 Å². The average Bonchev–Trinajstić information content (AvgIpc) is 3.81. The van der Waals surface area contributed by atoms with Gasteiger partial charge in [0.2, 0.25) is 0 Å². The minimum absolute atomic E-state index is 0.227. The van der Waals surface area contributed by atoms with Gasteiger partial charge in [-0.25, -0.2) is 9.97 Å². The summed E-state index contributed by atoms with van der Waals surface area (Å²) in [4.78, 5) is 10.8. The van der Waals surface area contributed by atoms with E-state index in [1.807, 2.05) is 0 Å². The van der Waals surface area contributed by atoms with Crippen molar-refractivity contribution in [3.63, 3.8) is 0 Å². The second kappa shape index (κ2) is 11.1. The van der Waals surface area contributed by atoms with Crippen LogP contribution < -0.4 is 0 Å².